The largest absolute Gasteiger partial charge is 0.325 e. The molecule has 1 N–H and O–H groups in total. The average Bonchev–Trinajstić information content (AvgIpc) is 3.84. The second-order valence-electron chi connectivity index (χ2n) is 9.84. The Morgan fingerprint density at radius 2 is 1.83 bits per heavy atom. The third-order valence-electron chi connectivity index (χ3n) is 7.43. The van der Waals surface area contributed by atoms with Crippen molar-refractivity contribution in [3.8, 4) is 11.5 Å². The number of hydrogen-bond donors (Lipinski definition) is 1. The van der Waals surface area contributed by atoms with Crippen molar-refractivity contribution in [1.29, 1.82) is 0 Å². The highest BCUT2D eigenvalue weighted by Crippen LogP contribution is 2.49. The number of carbonyl (C=O) groups is 2. The van der Waals surface area contributed by atoms with Gasteiger partial charge in [0.05, 0.1) is 12.0 Å². The lowest BCUT2D eigenvalue weighted by Gasteiger charge is -2.16. The van der Waals surface area contributed by atoms with Crippen LogP contribution < -0.4 is 10.2 Å². The maximum atomic E-state index is 13.2. The molecule has 2 amide bonds. The Kier molecular flexibility index (Phi) is 4.57. The molecule has 0 saturated heterocycles. The fourth-order valence-corrected chi connectivity index (χ4v) is 5.11. The number of hydrogen-bond acceptors (Lipinski definition) is 5. The van der Waals surface area contributed by atoms with Crippen molar-refractivity contribution in [3.63, 3.8) is 0 Å². The molecule has 36 heavy (non-hydrogen) atoms. The lowest BCUT2D eigenvalue weighted by atomic mass is 9.95. The molecule has 2 fully saturated rings. The molecular formula is C28H24N6O2. The van der Waals surface area contributed by atoms with E-state index in [1.807, 2.05) is 54.6 Å². The first-order valence-corrected chi connectivity index (χ1v) is 12.3. The van der Waals surface area contributed by atoms with Crippen molar-refractivity contribution in [1.82, 2.24) is 19.7 Å². The number of nitrogens with one attached hydrogen (secondary N) is 1. The fourth-order valence-electron chi connectivity index (χ4n) is 5.11. The molecule has 0 atom stereocenters. The van der Waals surface area contributed by atoms with Crippen LogP contribution in [0.25, 0.3) is 11.5 Å². The van der Waals surface area contributed by atoms with E-state index in [4.69, 9.17) is 4.98 Å². The van der Waals surface area contributed by atoms with Gasteiger partial charge < -0.3 is 9.88 Å². The maximum Gasteiger partial charge on any atom is 0.260 e. The molecule has 8 nitrogen and oxygen atoms in total. The van der Waals surface area contributed by atoms with E-state index in [0.717, 1.165) is 42.6 Å². The van der Waals surface area contributed by atoms with Crippen LogP contribution in [0.1, 0.15) is 53.2 Å². The number of amides is 2. The third kappa shape index (κ3) is 3.40. The zero-order chi connectivity index (χ0) is 24.3. The molecule has 2 aromatic heterocycles. The van der Waals surface area contributed by atoms with Gasteiger partial charge in [-0.25, -0.2) is 4.98 Å². The minimum absolute atomic E-state index is 0.00368. The van der Waals surface area contributed by atoms with Crippen LogP contribution in [-0.2, 0) is 16.8 Å². The van der Waals surface area contributed by atoms with E-state index in [0.29, 0.717) is 35.3 Å². The Morgan fingerprint density at radius 1 is 1.00 bits per heavy atom. The van der Waals surface area contributed by atoms with Gasteiger partial charge >= 0.3 is 0 Å². The topological polar surface area (TPSA) is 93.0 Å². The van der Waals surface area contributed by atoms with E-state index >= 15 is 0 Å². The van der Waals surface area contributed by atoms with Crippen molar-refractivity contribution in [2.75, 3.05) is 10.2 Å². The van der Waals surface area contributed by atoms with Gasteiger partial charge in [0.1, 0.15) is 17.8 Å². The lowest BCUT2D eigenvalue weighted by Crippen LogP contribution is -2.27. The Labute approximate surface area is 208 Å². The van der Waals surface area contributed by atoms with Crippen LogP contribution >= 0.6 is 0 Å². The van der Waals surface area contributed by atoms with Crippen LogP contribution in [0.4, 0.5) is 11.5 Å². The second-order valence-corrected chi connectivity index (χ2v) is 9.84. The summed E-state index contributed by atoms with van der Waals surface area (Å²) in [6.45, 7) is 0.396. The Morgan fingerprint density at radius 3 is 2.61 bits per heavy atom. The molecule has 0 radical (unpaired) electrons. The van der Waals surface area contributed by atoms with E-state index in [1.54, 1.807) is 23.4 Å². The summed E-state index contributed by atoms with van der Waals surface area (Å²) in [5.74, 6) is 1.20. The van der Waals surface area contributed by atoms with Gasteiger partial charge in [-0.15, -0.1) is 10.2 Å². The molecule has 0 unspecified atom stereocenters. The summed E-state index contributed by atoms with van der Waals surface area (Å²) in [5.41, 5.74) is 3.50. The highest BCUT2D eigenvalue weighted by atomic mass is 16.2. The monoisotopic (exact) mass is 476 g/mol. The van der Waals surface area contributed by atoms with Gasteiger partial charge in [0, 0.05) is 17.3 Å². The number of nitrogens with zero attached hydrogens (tertiary/aromatic N) is 5. The first kappa shape index (κ1) is 21.0. The number of anilines is 2. The number of fused-ring (bicyclic) bond motifs is 1. The van der Waals surface area contributed by atoms with Gasteiger partial charge in [-0.3, -0.25) is 14.5 Å². The standard InChI is InChI=1S/C28H24N6O2/c35-26-22-12-9-20(30-27(36)28(13-14-28)19-5-2-1-3-6-19)15-18(22)16-33(26)24-8-4-7-23(31-24)25-32-29-17-34(25)21-10-11-21/h1-9,12,15,17,21H,10-11,13-14,16H2,(H,30,36). The number of carbonyl (C=O) groups excluding carboxylic acids is 2. The van der Waals surface area contributed by atoms with Crippen LogP contribution in [0.3, 0.4) is 0 Å². The summed E-state index contributed by atoms with van der Waals surface area (Å²) in [7, 11) is 0. The fraction of sp³-hybridized carbons (Fsp3) is 0.250. The quantitative estimate of drug-likeness (QED) is 0.442. The zero-order valence-electron chi connectivity index (χ0n) is 19.6. The van der Waals surface area contributed by atoms with Crippen molar-refractivity contribution in [2.24, 2.45) is 0 Å². The summed E-state index contributed by atoms with van der Waals surface area (Å²) in [5, 5.41) is 11.4. The lowest BCUT2D eigenvalue weighted by molar-refractivity contribution is -0.118. The first-order chi connectivity index (χ1) is 17.6. The van der Waals surface area contributed by atoms with Gasteiger partial charge in [-0.2, -0.15) is 0 Å². The van der Waals surface area contributed by atoms with Gasteiger partial charge in [0.25, 0.3) is 5.91 Å². The predicted molar refractivity (Wildman–Crippen MR) is 134 cm³/mol. The molecule has 4 aromatic rings. The van der Waals surface area contributed by atoms with Crippen LogP contribution in [0, 0.1) is 0 Å². The molecule has 3 heterocycles. The predicted octanol–water partition coefficient (Wildman–Crippen LogP) is 4.51. The van der Waals surface area contributed by atoms with Crippen LogP contribution in [0.2, 0.25) is 0 Å². The summed E-state index contributed by atoms with van der Waals surface area (Å²) in [6, 6.07) is 21.5. The second kappa shape index (κ2) is 7.84. The average molecular weight is 477 g/mol. The molecule has 7 rings (SSSR count). The molecule has 3 aliphatic rings. The van der Waals surface area contributed by atoms with Gasteiger partial charge in [0.2, 0.25) is 5.91 Å². The van der Waals surface area contributed by atoms with Crippen molar-refractivity contribution in [3.05, 3.63) is 89.7 Å². The molecule has 0 bridgehead atoms. The molecule has 0 spiro atoms. The van der Waals surface area contributed by atoms with Gasteiger partial charge in [-0.05, 0) is 67.1 Å². The van der Waals surface area contributed by atoms with Crippen molar-refractivity contribution < 1.29 is 9.59 Å². The summed E-state index contributed by atoms with van der Waals surface area (Å²) in [4.78, 5) is 32.8. The molecule has 178 valence electrons. The van der Waals surface area contributed by atoms with Crippen LogP contribution in [0.15, 0.2) is 73.1 Å². The van der Waals surface area contributed by atoms with Crippen LogP contribution in [-0.4, -0.2) is 31.6 Å². The molecule has 2 aliphatic carbocycles. The third-order valence-corrected chi connectivity index (χ3v) is 7.43. The maximum absolute atomic E-state index is 13.2. The van der Waals surface area contributed by atoms with E-state index < -0.39 is 5.41 Å². The van der Waals surface area contributed by atoms with Crippen molar-refractivity contribution in [2.45, 2.75) is 43.7 Å². The minimum Gasteiger partial charge on any atom is -0.325 e. The molecular weight excluding hydrogens is 452 g/mol. The molecule has 8 heteroatoms. The van der Waals surface area contributed by atoms with E-state index in [9.17, 15) is 9.59 Å². The summed E-state index contributed by atoms with van der Waals surface area (Å²) < 4.78 is 2.06. The molecule has 2 aromatic carbocycles. The molecule has 2 saturated carbocycles. The van der Waals surface area contributed by atoms with Crippen LogP contribution in [0.5, 0.6) is 0 Å². The van der Waals surface area contributed by atoms with E-state index in [1.165, 1.54) is 0 Å². The Hall–Kier alpha value is -4.33. The van der Waals surface area contributed by atoms with Crippen molar-refractivity contribution >= 4 is 23.3 Å². The Bertz CT molecular complexity index is 1500. The number of aromatic nitrogens is 4. The van der Waals surface area contributed by atoms with Gasteiger partial charge in [0.15, 0.2) is 5.82 Å². The normalized spacial score (nSPS) is 17.7. The number of benzene rings is 2. The van der Waals surface area contributed by atoms with E-state index in [-0.39, 0.29) is 11.8 Å². The minimum atomic E-state index is -0.451. The van der Waals surface area contributed by atoms with E-state index in [2.05, 4.69) is 20.1 Å². The SMILES string of the molecule is O=C1c2ccc(NC(=O)C3(c4ccccc4)CC3)cc2CN1c1cccc(-c2nncn2C2CC2)n1. The summed E-state index contributed by atoms with van der Waals surface area (Å²) in [6.07, 6.45) is 5.68. The zero-order valence-corrected chi connectivity index (χ0v) is 19.6. The first-order valence-electron chi connectivity index (χ1n) is 12.3. The highest BCUT2D eigenvalue weighted by molar-refractivity contribution is 6.10. The highest BCUT2D eigenvalue weighted by Gasteiger charge is 2.51. The number of pyridine rings is 1. The number of rotatable bonds is 6. The smallest absolute Gasteiger partial charge is 0.260 e. The Balaban J connectivity index is 1.12. The molecule has 1 aliphatic heterocycles. The summed E-state index contributed by atoms with van der Waals surface area (Å²) >= 11 is 0. The van der Waals surface area contributed by atoms with Gasteiger partial charge in [-0.1, -0.05) is 36.4 Å².